The fourth-order valence-corrected chi connectivity index (χ4v) is 6.85. The van der Waals surface area contributed by atoms with Crippen LogP contribution in [0, 0.1) is 29.1 Å². The normalized spacial score (nSPS) is 19.7. The number of anilines is 1. The molecule has 10 heteroatoms. The monoisotopic (exact) mass is 662 g/mol. The number of thioether (sulfide) groups is 1. The first-order valence-corrected chi connectivity index (χ1v) is 16.6. The summed E-state index contributed by atoms with van der Waals surface area (Å²) in [6.45, 7) is 2.02. The number of ketones is 2. The van der Waals surface area contributed by atoms with Crippen molar-refractivity contribution in [1.82, 2.24) is 4.90 Å². The van der Waals surface area contributed by atoms with Gasteiger partial charge in [-0.25, -0.2) is 4.79 Å². The van der Waals surface area contributed by atoms with Crippen LogP contribution >= 0.6 is 11.8 Å². The number of aromatic hydroxyl groups is 1. The van der Waals surface area contributed by atoms with Gasteiger partial charge in [-0.3, -0.25) is 9.59 Å². The number of aliphatic hydroxyl groups excluding tert-OH is 2. The summed E-state index contributed by atoms with van der Waals surface area (Å²) in [4.78, 5) is 43.3. The summed E-state index contributed by atoms with van der Waals surface area (Å²) in [7, 11) is 1.58. The van der Waals surface area contributed by atoms with Crippen LogP contribution in [0.4, 0.5) is 10.5 Å². The molecule has 6 rings (SSSR count). The summed E-state index contributed by atoms with van der Waals surface area (Å²) in [5.74, 6) is 10.5. The molecule has 9 nitrogen and oxygen atoms in total. The van der Waals surface area contributed by atoms with E-state index >= 15 is 0 Å². The van der Waals surface area contributed by atoms with Crippen molar-refractivity contribution in [2.75, 3.05) is 24.7 Å². The molecule has 3 aromatic rings. The van der Waals surface area contributed by atoms with Gasteiger partial charge in [-0.1, -0.05) is 47.9 Å². The third-order valence-electron chi connectivity index (χ3n) is 8.93. The summed E-state index contributed by atoms with van der Waals surface area (Å²) in [6, 6.07) is 15.1. The predicted molar refractivity (Wildman–Crippen MR) is 182 cm³/mol. The standard InChI is InChI=1S/C38H34N2O7S/c1-23(41)38(16-17-38)31-13-9-4-3-8-12-29(42)28-21-30(43)32-33(34(28)39-31)35(44)26-15-14-24(20-27(26)36(32)45)22-40(2)37(46)47-18-19-48-25-10-6-5-7-11-25/h3-7,10-11,14-15,20-21,23,29,31,39,41-43H,16-19,22H2,1-2H3/b4-3-/t23-,29-,31+/m1/s1. The fraction of sp³-hybridized carbons (Fsp3) is 0.289. The molecule has 48 heavy (non-hydrogen) atoms. The first-order chi connectivity index (χ1) is 23.1. The summed E-state index contributed by atoms with van der Waals surface area (Å²) >= 11 is 1.58. The Morgan fingerprint density at radius 1 is 1.04 bits per heavy atom. The Balaban J connectivity index is 1.27. The molecule has 244 valence electrons. The number of benzene rings is 3. The maximum atomic E-state index is 14.2. The quantitative estimate of drug-likeness (QED) is 0.0882. The van der Waals surface area contributed by atoms with Crippen LogP contribution < -0.4 is 5.32 Å². The third kappa shape index (κ3) is 6.43. The highest BCUT2D eigenvalue weighted by atomic mass is 32.2. The predicted octanol–water partition coefficient (Wildman–Crippen LogP) is 5.08. The van der Waals surface area contributed by atoms with Crippen molar-refractivity contribution in [2.24, 2.45) is 5.41 Å². The van der Waals surface area contributed by atoms with Gasteiger partial charge in [0.1, 0.15) is 18.5 Å². The van der Waals surface area contributed by atoms with Crippen molar-refractivity contribution in [2.45, 2.75) is 49.5 Å². The smallest absolute Gasteiger partial charge is 0.409 e. The van der Waals surface area contributed by atoms with Crippen LogP contribution in [0.3, 0.4) is 0 Å². The van der Waals surface area contributed by atoms with E-state index in [9.17, 15) is 29.7 Å². The van der Waals surface area contributed by atoms with E-state index in [1.807, 2.05) is 30.3 Å². The van der Waals surface area contributed by atoms with E-state index in [-0.39, 0.29) is 46.7 Å². The van der Waals surface area contributed by atoms with Gasteiger partial charge in [0.15, 0.2) is 11.6 Å². The van der Waals surface area contributed by atoms with Gasteiger partial charge in [-0.15, -0.1) is 11.8 Å². The van der Waals surface area contributed by atoms with Gasteiger partial charge in [0, 0.05) is 46.3 Å². The van der Waals surface area contributed by atoms with Gasteiger partial charge in [0.25, 0.3) is 0 Å². The lowest BCUT2D eigenvalue weighted by molar-refractivity contribution is 0.0975. The highest BCUT2D eigenvalue weighted by Crippen LogP contribution is 2.53. The summed E-state index contributed by atoms with van der Waals surface area (Å²) in [5.41, 5.74) is 0.138. The van der Waals surface area contributed by atoms with E-state index in [1.165, 1.54) is 23.1 Å². The average molecular weight is 663 g/mol. The Morgan fingerprint density at radius 3 is 2.46 bits per heavy atom. The highest BCUT2D eigenvalue weighted by molar-refractivity contribution is 7.99. The SMILES string of the molecule is C[C@@H](O)C1([C@@H]2C#C/C=C\C#C[C@@H](O)c3cc(O)c4c(c3N2)C(=O)c2ccc(CN(C)C(=O)OCCSc3ccccc3)cc2C4=O)CC1. The summed E-state index contributed by atoms with van der Waals surface area (Å²) in [5, 5.41) is 36.2. The molecule has 3 aliphatic rings. The molecular weight excluding hydrogens is 628 g/mol. The van der Waals surface area contributed by atoms with E-state index in [2.05, 4.69) is 29.0 Å². The van der Waals surface area contributed by atoms with Gasteiger partial charge in [-0.2, -0.15) is 0 Å². The molecule has 0 spiro atoms. The highest BCUT2D eigenvalue weighted by Gasteiger charge is 2.53. The zero-order chi connectivity index (χ0) is 34.0. The fourth-order valence-electron chi connectivity index (χ4n) is 6.10. The lowest BCUT2D eigenvalue weighted by Gasteiger charge is -2.31. The van der Waals surface area contributed by atoms with Crippen LogP contribution in [0.5, 0.6) is 5.75 Å². The van der Waals surface area contributed by atoms with Crippen molar-refractivity contribution < 1.29 is 34.4 Å². The molecule has 0 aromatic heterocycles. The molecule has 1 fully saturated rings. The second kappa shape index (κ2) is 13.6. The first kappa shape index (κ1) is 32.9. The first-order valence-electron chi connectivity index (χ1n) is 15.6. The number of phenolic OH excluding ortho intramolecular Hbond substituents is 1. The van der Waals surface area contributed by atoms with Crippen molar-refractivity contribution in [3.8, 4) is 29.4 Å². The van der Waals surface area contributed by atoms with Gasteiger partial charge < -0.3 is 30.3 Å². The molecule has 1 saturated carbocycles. The molecule has 0 radical (unpaired) electrons. The maximum absolute atomic E-state index is 14.2. The number of aliphatic hydroxyl groups is 2. The number of fused-ring (bicyclic) bond motifs is 4. The summed E-state index contributed by atoms with van der Waals surface area (Å²) in [6.07, 6.45) is 1.73. The Labute approximate surface area is 283 Å². The largest absolute Gasteiger partial charge is 0.507 e. The second-order valence-corrected chi connectivity index (χ2v) is 13.2. The van der Waals surface area contributed by atoms with Gasteiger partial charge in [0.2, 0.25) is 0 Å². The van der Waals surface area contributed by atoms with Crippen molar-refractivity contribution in [3.05, 3.63) is 100 Å². The Morgan fingerprint density at radius 2 is 1.75 bits per heavy atom. The van der Waals surface area contributed by atoms with Gasteiger partial charge in [-0.05, 0) is 67.8 Å². The van der Waals surface area contributed by atoms with Gasteiger partial charge in [0.05, 0.1) is 29.0 Å². The number of hydrogen-bond acceptors (Lipinski definition) is 9. The number of allylic oxidation sites excluding steroid dienone is 2. The van der Waals surface area contributed by atoms with Crippen molar-refractivity contribution >= 4 is 35.1 Å². The average Bonchev–Trinajstić information content (AvgIpc) is 3.89. The maximum Gasteiger partial charge on any atom is 0.409 e. The number of nitrogens with one attached hydrogen (secondary N) is 1. The number of hydrogen-bond donors (Lipinski definition) is 4. The molecule has 4 N–H and O–H groups in total. The number of ether oxygens (including phenoxy) is 1. The molecule has 2 aliphatic carbocycles. The number of phenols is 1. The van der Waals surface area contributed by atoms with Crippen LogP contribution in [0.15, 0.2) is 71.6 Å². The zero-order valence-corrected chi connectivity index (χ0v) is 27.3. The second-order valence-electron chi connectivity index (χ2n) is 12.1. The van der Waals surface area contributed by atoms with Crippen molar-refractivity contribution in [1.29, 1.82) is 0 Å². The van der Waals surface area contributed by atoms with E-state index in [0.29, 0.717) is 24.2 Å². The Bertz CT molecular complexity index is 1940. The molecule has 1 amide bonds. The number of carbonyl (C=O) groups is 3. The minimum Gasteiger partial charge on any atom is -0.507 e. The molecule has 0 unspecified atom stereocenters. The van der Waals surface area contributed by atoms with Crippen molar-refractivity contribution in [3.63, 3.8) is 0 Å². The van der Waals surface area contributed by atoms with Crippen LogP contribution in [-0.4, -0.2) is 69.4 Å². The van der Waals surface area contributed by atoms with Crippen LogP contribution in [0.2, 0.25) is 0 Å². The van der Waals surface area contributed by atoms with Crippen LogP contribution in [0.1, 0.15) is 68.8 Å². The van der Waals surface area contributed by atoms with E-state index in [1.54, 1.807) is 43.9 Å². The van der Waals surface area contributed by atoms with Crippen LogP contribution in [0.25, 0.3) is 0 Å². The molecule has 0 bridgehead atoms. The molecular formula is C38H34N2O7S. The minimum absolute atomic E-state index is 0.0847. The molecule has 0 saturated heterocycles. The molecule has 1 aliphatic heterocycles. The number of rotatable bonds is 8. The number of amides is 1. The van der Waals surface area contributed by atoms with E-state index in [0.717, 1.165) is 4.90 Å². The number of nitrogens with zero attached hydrogens (tertiary/aromatic N) is 1. The molecule has 3 aromatic carbocycles. The lowest BCUT2D eigenvalue weighted by Crippen LogP contribution is -2.38. The molecule has 1 heterocycles. The Hall–Kier alpha value is -5.00. The zero-order valence-electron chi connectivity index (χ0n) is 26.4. The lowest BCUT2D eigenvalue weighted by atomic mass is 9.79. The summed E-state index contributed by atoms with van der Waals surface area (Å²) < 4.78 is 5.41. The third-order valence-corrected chi connectivity index (χ3v) is 9.91. The number of carbonyl (C=O) groups excluding carboxylic acids is 3. The Kier molecular flexibility index (Phi) is 9.34. The topological polar surface area (TPSA) is 136 Å². The molecule has 3 atom stereocenters. The minimum atomic E-state index is -1.41. The van der Waals surface area contributed by atoms with Crippen LogP contribution in [-0.2, 0) is 11.3 Å². The van der Waals surface area contributed by atoms with E-state index in [4.69, 9.17) is 4.74 Å². The van der Waals surface area contributed by atoms with E-state index < -0.39 is 47.1 Å². The van der Waals surface area contributed by atoms with Gasteiger partial charge >= 0.3 is 6.09 Å².